The first-order valence-corrected chi connectivity index (χ1v) is 8.72. The van der Waals surface area contributed by atoms with Crippen LogP contribution in [0.5, 0.6) is 0 Å². The summed E-state index contributed by atoms with van der Waals surface area (Å²) in [7, 11) is 0. The smallest absolute Gasteiger partial charge is 0.435 e. The van der Waals surface area contributed by atoms with Crippen LogP contribution < -0.4 is 5.32 Å². The van der Waals surface area contributed by atoms with E-state index < -0.39 is 23.8 Å². The molecule has 1 aliphatic rings. The number of carboxylic acid groups (broad SMARTS) is 1. The summed E-state index contributed by atoms with van der Waals surface area (Å²) in [5.41, 5.74) is 0.289. The molecule has 0 spiro atoms. The van der Waals surface area contributed by atoms with E-state index in [1.54, 1.807) is 29.2 Å². The molecular weight excluding hydrogens is 377 g/mol. The van der Waals surface area contributed by atoms with Gasteiger partial charge in [0.1, 0.15) is 0 Å². The van der Waals surface area contributed by atoms with Gasteiger partial charge in [0.25, 0.3) is 0 Å². The Bertz CT molecular complexity index is 841. The number of rotatable bonds is 4. The Kier molecular flexibility index (Phi) is 5.57. The number of carboxylic acids is 1. The minimum absolute atomic E-state index is 0.255. The molecule has 150 valence electrons. The van der Waals surface area contributed by atoms with Crippen LogP contribution in [0.4, 0.5) is 18.0 Å². The molecule has 1 aromatic heterocycles. The highest BCUT2D eigenvalue weighted by Crippen LogP contribution is 2.27. The SMILES string of the molecule is O=C(O)C1CCN(C(=O)NCc2ccc(-n3ccc(C(F)(F)F)n3)cc2)CC1. The van der Waals surface area contributed by atoms with Crippen molar-refractivity contribution in [1.82, 2.24) is 20.0 Å². The molecule has 3 rings (SSSR count). The fourth-order valence-corrected chi connectivity index (χ4v) is 3.00. The molecule has 2 aromatic rings. The molecular formula is C18H19F3N4O3. The van der Waals surface area contributed by atoms with E-state index in [-0.39, 0.29) is 12.6 Å². The van der Waals surface area contributed by atoms with Gasteiger partial charge in [0.05, 0.1) is 11.6 Å². The monoisotopic (exact) mass is 396 g/mol. The van der Waals surface area contributed by atoms with Crippen LogP contribution in [0.15, 0.2) is 36.5 Å². The molecule has 10 heteroatoms. The van der Waals surface area contributed by atoms with Crippen molar-refractivity contribution in [3.63, 3.8) is 0 Å². The molecule has 7 nitrogen and oxygen atoms in total. The van der Waals surface area contributed by atoms with Crippen molar-refractivity contribution in [2.24, 2.45) is 5.92 Å². The van der Waals surface area contributed by atoms with E-state index in [4.69, 9.17) is 5.11 Å². The van der Waals surface area contributed by atoms with Gasteiger partial charge in [-0.25, -0.2) is 9.48 Å². The number of amides is 2. The highest BCUT2D eigenvalue weighted by Gasteiger charge is 2.33. The Morgan fingerprint density at radius 1 is 1.14 bits per heavy atom. The summed E-state index contributed by atoms with van der Waals surface area (Å²) in [6.45, 7) is 1.04. The van der Waals surface area contributed by atoms with Crippen molar-refractivity contribution >= 4 is 12.0 Å². The average molecular weight is 396 g/mol. The summed E-state index contributed by atoms with van der Waals surface area (Å²) in [4.78, 5) is 24.7. The minimum Gasteiger partial charge on any atom is -0.481 e. The first-order chi connectivity index (χ1) is 13.2. The van der Waals surface area contributed by atoms with Crippen LogP contribution >= 0.6 is 0 Å². The summed E-state index contributed by atoms with van der Waals surface area (Å²) in [5, 5.41) is 15.3. The number of carbonyl (C=O) groups is 2. The second-order valence-electron chi connectivity index (χ2n) is 6.57. The fourth-order valence-electron chi connectivity index (χ4n) is 3.00. The second kappa shape index (κ2) is 7.91. The van der Waals surface area contributed by atoms with Crippen molar-refractivity contribution in [3.05, 3.63) is 47.8 Å². The molecule has 28 heavy (non-hydrogen) atoms. The van der Waals surface area contributed by atoms with Crippen molar-refractivity contribution in [2.75, 3.05) is 13.1 Å². The zero-order valence-corrected chi connectivity index (χ0v) is 14.8. The molecule has 0 atom stereocenters. The Labute approximate surface area is 158 Å². The van der Waals surface area contributed by atoms with Crippen LogP contribution in [0.3, 0.4) is 0 Å². The van der Waals surface area contributed by atoms with Crippen LogP contribution in [-0.4, -0.2) is 44.9 Å². The van der Waals surface area contributed by atoms with Crippen LogP contribution in [0.2, 0.25) is 0 Å². The van der Waals surface area contributed by atoms with Crippen molar-refractivity contribution in [3.8, 4) is 5.69 Å². The Balaban J connectivity index is 1.53. The van der Waals surface area contributed by atoms with Crippen LogP contribution in [0, 0.1) is 5.92 Å². The minimum atomic E-state index is -4.49. The summed E-state index contributed by atoms with van der Waals surface area (Å²) >= 11 is 0. The third kappa shape index (κ3) is 4.62. The number of hydrogen-bond donors (Lipinski definition) is 2. The number of likely N-dealkylation sites (tertiary alicyclic amines) is 1. The van der Waals surface area contributed by atoms with Crippen molar-refractivity contribution in [2.45, 2.75) is 25.6 Å². The average Bonchev–Trinajstić information content (AvgIpc) is 3.17. The number of carbonyl (C=O) groups excluding carboxylic acids is 1. The zero-order valence-electron chi connectivity index (χ0n) is 14.8. The zero-order chi connectivity index (χ0) is 20.3. The molecule has 1 aliphatic heterocycles. The van der Waals surface area contributed by atoms with Gasteiger partial charge in [-0.05, 0) is 36.6 Å². The Morgan fingerprint density at radius 2 is 1.79 bits per heavy atom. The van der Waals surface area contributed by atoms with E-state index in [1.165, 1.54) is 6.20 Å². The van der Waals surface area contributed by atoms with Crippen molar-refractivity contribution in [1.29, 1.82) is 0 Å². The lowest BCUT2D eigenvalue weighted by molar-refractivity contribution is -0.143. The molecule has 2 N–H and O–H groups in total. The van der Waals surface area contributed by atoms with Gasteiger partial charge in [-0.2, -0.15) is 18.3 Å². The maximum Gasteiger partial charge on any atom is 0.435 e. The summed E-state index contributed by atoms with van der Waals surface area (Å²) in [6.07, 6.45) is -2.39. The first kappa shape index (κ1) is 19.7. The Morgan fingerprint density at radius 3 is 2.32 bits per heavy atom. The molecule has 0 saturated carbocycles. The lowest BCUT2D eigenvalue weighted by atomic mass is 9.97. The number of benzene rings is 1. The molecule has 2 amide bonds. The molecule has 0 aliphatic carbocycles. The number of nitrogens with zero attached hydrogens (tertiary/aromatic N) is 3. The fraction of sp³-hybridized carbons (Fsp3) is 0.389. The number of urea groups is 1. The van der Waals surface area contributed by atoms with Gasteiger partial charge in [0, 0.05) is 25.8 Å². The van der Waals surface area contributed by atoms with Gasteiger partial charge < -0.3 is 15.3 Å². The second-order valence-corrected chi connectivity index (χ2v) is 6.57. The topological polar surface area (TPSA) is 87.5 Å². The number of aromatic nitrogens is 2. The maximum atomic E-state index is 12.6. The van der Waals surface area contributed by atoms with Gasteiger partial charge in [-0.15, -0.1) is 0 Å². The van der Waals surface area contributed by atoms with Crippen LogP contribution in [0.1, 0.15) is 24.1 Å². The standard InChI is InChI=1S/C18H19F3N4O3/c19-18(20,21)15-7-10-25(23-15)14-3-1-12(2-4-14)11-22-17(28)24-8-5-13(6-9-24)16(26)27/h1-4,7,10,13H,5-6,8-9,11H2,(H,22,28)(H,26,27). The van der Waals surface area contributed by atoms with E-state index in [9.17, 15) is 22.8 Å². The largest absolute Gasteiger partial charge is 0.481 e. The number of aliphatic carboxylic acids is 1. The molecule has 1 saturated heterocycles. The quantitative estimate of drug-likeness (QED) is 0.832. The lowest BCUT2D eigenvalue weighted by Gasteiger charge is -2.30. The summed E-state index contributed by atoms with van der Waals surface area (Å²) in [5.74, 6) is -1.24. The number of piperidine rings is 1. The first-order valence-electron chi connectivity index (χ1n) is 8.72. The maximum absolute atomic E-state index is 12.6. The highest BCUT2D eigenvalue weighted by molar-refractivity contribution is 5.75. The number of nitrogens with one attached hydrogen (secondary N) is 1. The predicted octanol–water partition coefficient (Wildman–Crippen LogP) is 2.90. The van der Waals surface area contributed by atoms with E-state index in [1.807, 2.05) is 0 Å². The van der Waals surface area contributed by atoms with E-state index in [0.29, 0.717) is 31.6 Å². The van der Waals surface area contributed by atoms with E-state index in [0.717, 1.165) is 16.3 Å². The van der Waals surface area contributed by atoms with Crippen LogP contribution in [0.25, 0.3) is 5.69 Å². The van der Waals surface area contributed by atoms with Gasteiger partial charge in [-0.1, -0.05) is 12.1 Å². The van der Waals surface area contributed by atoms with Gasteiger partial charge in [-0.3, -0.25) is 4.79 Å². The molecule has 1 fully saturated rings. The molecule has 1 aromatic carbocycles. The third-order valence-corrected chi connectivity index (χ3v) is 4.66. The van der Waals surface area contributed by atoms with Gasteiger partial charge in [0.2, 0.25) is 0 Å². The van der Waals surface area contributed by atoms with Gasteiger partial charge in [0.15, 0.2) is 5.69 Å². The van der Waals surface area contributed by atoms with E-state index in [2.05, 4.69) is 10.4 Å². The van der Waals surface area contributed by atoms with Gasteiger partial charge >= 0.3 is 18.2 Å². The lowest BCUT2D eigenvalue weighted by Crippen LogP contribution is -2.45. The summed E-state index contributed by atoms with van der Waals surface area (Å²) in [6, 6.07) is 7.26. The highest BCUT2D eigenvalue weighted by atomic mass is 19.4. The predicted molar refractivity (Wildman–Crippen MR) is 92.7 cm³/mol. The molecule has 0 radical (unpaired) electrons. The number of halogens is 3. The normalized spacial score (nSPS) is 15.5. The molecule has 2 heterocycles. The molecule has 0 bridgehead atoms. The third-order valence-electron chi connectivity index (χ3n) is 4.66. The van der Waals surface area contributed by atoms with Crippen LogP contribution in [-0.2, 0) is 17.5 Å². The Hall–Kier alpha value is -3.04. The summed E-state index contributed by atoms with van der Waals surface area (Å²) < 4.78 is 39.0. The molecule has 0 unspecified atom stereocenters. The van der Waals surface area contributed by atoms with Crippen molar-refractivity contribution < 1.29 is 27.9 Å². The number of alkyl halides is 3. The number of hydrogen-bond acceptors (Lipinski definition) is 3. The van der Waals surface area contributed by atoms with E-state index >= 15 is 0 Å².